The number of anilines is 2. The number of fused-ring (bicyclic) bond motifs is 1. The predicted octanol–water partition coefficient (Wildman–Crippen LogP) is 1.46. The largest absolute Gasteiger partial charge is 0.368 e. The molecule has 3 heterocycles. The molecule has 0 amide bonds. The normalized spacial score (nSPS) is 14.9. The lowest BCUT2D eigenvalue weighted by Crippen LogP contribution is -2.54. The van der Waals surface area contributed by atoms with E-state index in [2.05, 4.69) is 31.7 Å². The third kappa shape index (κ3) is 3.79. The summed E-state index contributed by atoms with van der Waals surface area (Å²) < 4.78 is 16.0. The second-order valence-corrected chi connectivity index (χ2v) is 7.82. The molecule has 10 nitrogen and oxygen atoms in total. The van der Waals surface area contributed by atoms with E-state index in [-0.39, 0.29) is 39.1 Å². The zero-order chi connectivity index (χ0) is 23.0. The van der Waals surface area contributed by atoms with Gasteiger partial charge in [0.15, 0.2) is 5.82 Å². The number of aryl methyl sites for hydroxylation is 1. The van der Waals surface area contributed by atoms with Crippen LogP contribution >= 0.6 is 11.6 Å². The van der Waals surface area contributed by atoms with Gasteiger partial charge in [0.1, 0.15) is 28.8 Å². The summed E-state index contributed by atoms with van der Waals surface area (Å²) in [5, 5.41) is 17.8. The summed E-state index contributed by atoms with van der Waals surface area (Å²) in [5.74, 6) is -0.190. The monoisotopic (exact) mass is 457 g/mol. The Balaban J connectivity index is 1.90. The number of piperazine rings is 1. The number of halogens is 2. The van der Waals surface area contributed by atoms with Crippen LogP contribution in [0.1, 0.15) is 30.0 Å². The Hall–Kier alpha value is -3.49. The van der Waals surface area contributed by atoms with Gasteiger partial charge in [-0.3, -0.25) is 4.79 Å². The first-order valence-corrected chi connectivity index (χ1v) is 10.4. The fourth-order valence-corrected chi connectivity index (χ4v) is 3.97. The van der Waals surface area contributed by atoms with Crippen molar-refractivity contribution in [2.24, 2.45) is 0 Å². The standard InChI is InChI=1S/C20H21ClFN9O/c1-10-12(9-23)17(29-20(24)27-10)26-11(2)18-28-16-14(22)4-3-13(21)15(16)19(32)31(18)30-7-5-25-6-8-30/h3-4,11,25H,5-8H2,1-2H3,(H3,24,26,27,29). The van der Waals surface area contributed by atoms with E-state index in [4.69, 9.17) is 17.3 Å². The molecule has 1 saturated heterocycles. The first kappa shape index (κ1) is 21.7. The van der Waals surface area contributed by atoms with Crippen LogP contribution in [0.25, 0.3) is 10.9 Å². The summed E-state index contributed by atoms with van der Waals surface area (Å²) in [4.78, 5) is 26.1. The van der Waals surface area contributed by atoms with Crippen molar-refractivity contribution in [1.82, 2.24) is 24.9 Å². The molecule has 1 unspecified atom stereocenters. The van der Waals surface area contributed by atoms with Gasteiger partial charge in [-0.1, -0.05) is 11.6 Å². The molecule has 3 aromatic rings. The summed E-state index contributed by atoms with van der Waals surface area (Å²) in [7, 11) is 0. The lowest BCUT2D eigenvalue weighted by molar-refractivity contribution is 0.460. The highest BCUT2D eigenvalue weighted by atomic mass is 35.5. The Kier molecular flexibility index (Phi) is 5.82. The number of nitrogen functional groups attached to an aromatic ring is 1. The fourth-order valence-electron chi connectivity index (χ4n) is 3.73. The van der Waals surface area contributed by atoms with E-state index in [9.17, 15) is 14.4 Å². The number of rotatable bonds is 4. The predicted molar refractivity (Wildman–Crippen MR) is 120 cm³/mol. The topological polar surface area (TPSA) is 138 Å². The molecule has 166 valence electrons. The van der Waals surface area contributed by atoms with Gasteiger partial charge in [-0.2, -0.15) is 10.2 Å². The van der Waals surface area contributed by atoms with Crippen molar-refractivity contribution < 1.29 is 4.39 Å². The molecule has 0 radical (unpaired) electrons. The molecule has 1 aliphatic rings. The molecule has 1 atom stereocenters. The maximum Gasteiger partial charge on any atom is 0.281 e. The van der Waals surface area contributed by atoms with E-state index in [1.54, 1.807) is 13.8 Å². The van der Waals surface area contributed by atoms with Crippen molar-refractivity contribution in [1.29, 1.82) is 5.26 Å². The minimum Gasteiger partial charge on any atom is -0.368 e. The molecular formula is C20H21ClFN9O. The average Bonchev–Trinajstić information content (AvgIpc) is 2.76. The van der Waals surface area contributed by atoms with Crippen molar-refractivity contribution in [3.05, 3.63) is 50.4 Å². The van der Waals surface area contributed by atoms with Crippen LogP contribution in [-0.4, -0.2) is 45.8 Å². The number of nitrogens with zero attached hydrogens (tertiary/aromatic N) is 6. The van der Waals surface area contributed by atoms with Gasteiger partial charge >= 0.3 is 0 Å². The minimum absolute atomic E-state index is 0.00000719. The van der Waals surface area contributed by atoms with Crippen molar-refractivity contribution in [2.75, 3.05) is 42.2 Å². The molecule has 32 heavy (non-hydrogen) atoms. The molecule has 0 spiro atoms. The number of nitrogens with two attached hydrogens (primary N) is 1. The number of aromatic nitrogens is 4. The van der Waals surface area contributed by atoms with Gasteiger partial charge in [0.25, 0.3) is 5.56 Å². The number of nitrogens with one attached hydrogen (secondary N) is 2. The third-order valence-corrected chi connectivity index (χ3v) is 5.58. The SMILES string of the molecule is Cc1nc(N)nc(NC(C)c2nc3c(F)ccc(Cl)c3c(=O)n2N2CCNCC2)c1C#N. The Morgan fingerprint density at radius 1 is 1.31 bits per heavy atom. The number of hydrogen-bond acceptors (Lipinski definition) is 9. The molecule has 12 heteroatoms. The molecule has 1 fully saturated rings. The molecule has 1 aliphatic heterocycles. The van der Waals surface area contributed by atoms with Crippen molar-refractivity contribution in [3.8, 4) is 6.07 Å². The summed E-state index contributed by atoms with van der Waals surface area (Å²) >= 11 is 6.25. The number of hydrogen-bond donors (Lipinski definition) is 3. The van der Waals surface area contributed by atoms with Crippen LogP contribution in [0.15, 0.2) is 16.9 Å². The molecule has 0 saturated carbocycles. The van der Waals surface area contributed by atoms with E-state index in [1.165, 1.54) is 16.8 Å². The first-order valence-electron chi connectivity index (χ1n) is 9.99. The molecule has 0 bridgehead atoms. The molecule has 4 rings (SSSR count). The van der Waals surface area contributed by atoms with Crippen LogP contribution in [0.3, 0.4) is 0 Å². The summed E-state index contributed by atoms with van der Waals surface area (Å²) in [6.45, 7) is 5.81. The van der Waals surface area contributed by atoms with Crippen LogP contribution in [0.2, 0.25) is 5.02 Å². The Morgan fingerprint density at radius 3 is 2.72 bits per heavy atom. The second kappa shape index (κ2) is 8.57. The van der Waals surface area contributed by atoms with E-state index >= 15 is 0 Å². The highest BCUT2D eigenvalue weighted by Gasteiger charge is 2.25. The van der Waals surface area contributed by atoms with Gasteiger partial charge in [-0.15, -0.1) is 0 Å². The van der Waals surface area contributed by atoms with Crippen LogP contribution in [0.5, 0.6) is 0 Å². The average molecular weight is 458 g/mol. The number of nitriles is 1. The van der Waals surface area contributed by atoms with Gasteiger partial charge in [0.05, 0.1) is 22.1 Å². The molecule has 1 aromatic carbocycles. The highest BCUT2D eigenvalue weighted by Crippen LogP contribution is 2.26. The van der Waals surface area contributed by atoms with E-state index in [0.717, 1.165) is 0 Å². The zero-order valence-corrected chi connectivity index (χ0v) is 18.2. The third-order valence-electron chi connectivity index (χ3n) is 5.26. The summed E-state index contributed by atoms with van der Waals surface area (Å²) in [6, 6.07) is 3.94. The van der Waals surface area contributed by atoms with Crippen molar-refractivity contribution in [2.45, 2.75) is 19.9 Å². The Morgan fingerprint density at radius 2 is 2.03 bits per heavy atom. The molecule has 2 aromatic heterocycles. The Labute approximate surface area is 187 Å². The van der Waals surface area contributed by atoms with Gasteiger partial charge in [-0.05, 0) is 26.0 Å². The van der Waals surface area contributed by atoms with Crippen LogP contribution in [-0.2, 0) is 0 Å². The van der Waals surface area contributed by atoms with Crippen LogP contribution in [0.4, 0.5) is 16.2 Å². The van der Waals surface area contributed by atoms with Crippen LogP contribution in [0, 0.1) is 24.1 Å². The maximum atomic E-state index is 14.6. The Bertz CT molecular complexity index is 1300. The van der Waals surface area contributed by atoms with E-state index in [0.29, 0.717) is 31.9 Å². The van der Waals surface area contributed by atoms with Gasteiger partial charge in [0.2, 0.25) is 5.95 Å². The minimum atomic E-state index is -0.651. The summed E-state index contributed by atoms with van der Waals surface area (Å²) in [5.41, 5.74) is 5.81. The second-order valence-electron chi connectivity index (χ2n) is 7.41. The van der Waals surface area contributed by atoms with Crippen molar-refractivity contribution >= 4 is 34.3 Å². The smallest absolute Gasteiger partial charge is 0.281 e. The summed E-state index contributed by atoms with van der Waals surface area (Å²) in [6.07, 6.45) is 0. The molecule has 4 N–H and O–H groups in total. The number of benzene rings is 1. The quantitative estimate of drug-likeness (QED) is 0.531. The molecule has 0 aliphatic carbocycles. The van der Waals surface area contributed by atoms with E-state index < -0.39 is 17.4 Å². The molecular weight excluding hydrogens is 437 g/mol. The van der Waals surface area contributed by atoms with Gasteiger partial charge < -0.3 is 21.4 Å². The fraction of sp³-hybridized carbons (Fsp3) is 0.350. The maximum absolute atomic E-state index is 14.6. The first-order chi connectivity index (χ1) is 15.3. The van der Waals surface area contributed by atoms with E-state index in [1.807, 2.05) is 5.01 Å². The van der Waals surface area contributed by atoms with Crippen molar-refractivity contribution in [3.63, 3.8) is 0 Å². The lowest BCUT2D eigenvalue weighted by Gasteiger charge is -2.33. The zero-order valence-electron chi connectivity index (χ0n) is 17.5. The highest BCUT2D eigenvalue weighted by molar-refractivity contribution is 6.35. The van der Waals surface area contributed by atoms with Gasteiger partial charge in [0, 0.05) is 26.2 Å². The lowest BCUT2D eigenvalue weighted by atomic mass is 10.2. The van der Waals surface area contributed by atoms with Gasteiger partial charge in [-0.25, -0.2) is 19.0 Å². The van der Waals surface area contributed by atoms with Crippen LogP contribution < -0.4 is 26.9 Å².